The number of benzene rings is 2. The van der Waals surface area contributed by atoms with Crippen LogP contribution in [0.2, 0.25) is 0 Å². The minimum Gasteiger partial charge on any atom is -0.497 e. The lowest BCUT2D eigenvalue weighted by Gasteiger charge is -2.12. The first-order valence-electron chi connectivity index (χ1n) is 8.82. The monoisotopic (exact) mass is 379 g/mol. The van der Waals surface area contributed by atoms with E-state index in [1.54, 1.807) is 7.11 Å². The second-order valence-electron chi connectivity index (χ2n) is 6.59. The van der Waals surface area contributed by atoms with Gasteiger partial charge in [-0.1, -0.05) is 24.3 Å². The van der Waals surface area contributed by atoms with E-state index in [9.17, 15) is 4.79 Å². The summed E-state index contributed by atoms with van der Waals surface area (Å²) < 4.78 is 7.10. The topological polar surface area (TPSA) is 56.1 Å². The minimum atomic E-state index is -0.0586. The highest BCUT2D eigenvalue weighted by molar-refractivity contribution is 7.98. The Balaban J connectivity index is 1.62. The van der Waals surface area contributed by atoms with E-state index in [-0.39, 0.29) is 12.3 Å². The van der Waals surface area contributed by atoms with E-state index in [0.29, 0.717) is 0 Å². The van der Waals surface area contributed by atoms with Crippen LogP contribution in [0.1, 0.15) is 22.4 Å². The zero-order valence-electron chi connectivity index (χ0n) is 15.4. The molecular weight excluding hydrogens is 358 g/mol. The lowest BCUT2D eigenvalue weighted by Crippen LogP contribution is -2.18. The minimum absolute atomic E-state index is 0.0586. The molecule has 1 aliphatic heterocycles. The molecule has 0 atom stereocenters. The molecule has 5 nitrogen and oxygen atoms in total. The number of rotatable bonds is 5. The molecule has 3 aromatic rings. The first-order valence-corrected chi connectivity index (χ1v) is 9.98. The number of aryl methyl sites for hydroxylation is 1. The van der Waals surface area contributed by atoms with Gasteiger partial charge in [0, 0.05) is 17.1 Å². The van der Waals surface area contributed by atoms with Crippen LogP contribution in [0.15, 0.2) is 48.5 Å². The third-order valence-electron chi connectivity index (χ3n) is 4.55. The summed E-state index contributed by atoms with van der Waals surface area (Å²) in [5, 5.41) is 7.85. The van der Waals surface area contributed by atoms with Gasteiger partial charge in [0.15, 0.2) is 0 Å². The van der Waals surface area contributed by atoms with E-state index in [0.717, 1.165) is 51.1 Å². The van der Waals surface area contributed by atoms with Gasteiger partial charge in [0.1, 0.15) is 11.6 Å². The Labute approximate surface area is 162 Å². The van der Waals surface area contributed by atoms with Gasteiger partial charge in [-0.15, -0.1) is 0 Å². The van der Waals surface area contributed by atoms with Gasteiger partial charge in [-0.2, -0.15) is 16.9 Å². The second-order valence-corrected chi connectivity index (χ2v) is 7.58. The number of ether oxygens (including phenoxy) is 1. The Hall–Kier alpha value is -2.73. The van der Waals surface area contributed by atoms with Gasteiger partial charge in [-0.25, -0.2) is 4.68 Å². The molecule has 0 radical (unpaired) electrons. The maximum Gasteiger partial charge on any atom is 0.229 e. The van der Waals surface area contributed by atoms with Crippen molar-refractivity contribution in [3.63, 3.8) is 0 Å². The van der Waals surface area contributed by atoms with Gasteiger partial charge < -0.3 is 10.1 Å². The Morgan fingerprint density at radius 2 is 2.07 bits per heavy atom. The molecular formula is C21H21N3O2S. The molecule has 6 heteroatoms. The summed E-state index contributed by atoms with van der Waals surface area (Å²) >= 11 is 1.82. The van der Waals surface area contributed by atoms with Crippen molar-refractivity contribution in [3.05, 3.63) is 70.9 Å². The van der Waals surface area contributed by atoms with Crippen LogP contribution in [0, 0.1) is 6.92 Å². The summed E-state index contributed by atoms with van der Waals surface area (Å²) in [7, 11) is 1.63. The average Bonchev–Trinajstić information content (AvgIpc) is 3.24. The number of nitrogens with one attached hydrogen (secondary N) is 1. The Bertz CT molecular complexity index is 997. The summed E-state index contributed by atoms with van der Waals surface area (Å²) in [4.78, 5) is 12.7. The predicted octanol–water partition coefficient (Wildman–Crippen LogP) is 4.12. The highest BCUT2D eigenvalue weighted by Gasteiger charge is 2.24. The lowest BCUT2D eigenvalue weighted by atomic mass is 10.1. The molecule has 27 heavy (non-hydrogen) atoms. The highest BCUT2D eigenvalue weighted by Crippen LogP contribution is 2.36. The molecule has 0 spiro atoms. The van der Waals surface area contributed by atoms with Crippen LogP contribution < -0.4 is 10.1 Å². The summed E-state index contributed by atoms with van der Waals surface area (Å²) in [5.74, 6) is 3.23. The number of thioether (sulfide) groups is 1. The largest absolute Gasteiger partial charge is 0.497 e. The van der Waals surface area contributed by atoms with Gasteiger partial charge >= 0.3 is 0 Å². The van der Waals surface area contributed by atoms with Crippen LogP contribution in [0.4, 0.5) is 5.82 Å². The van der Waals surface area contributed by atoms with Crippen LogP contribution in [0.5, 0.6) is 5.75 Å². The van der Waals surface area contributed by atoms with Crippen molar-refractivity contribution < 1.29 is 9.53 Å². The number of hydrogen-bond acceptors (Lipinski definition) is 4. The molecule has 0 saturated heterocycles. The molecule has 1 N–H and O–H groups in total. The van der Waals surface area contributed by atoms with Crippen LogP contribution >= 0.6 is 11.8 Å². The number of amides is 1. The van der Waals surface area contributed by atoms with Crippen molar-refractivity contribution in [1.82, 2.24) is 9.78 Å². The number of aromatic nitrogens is 2. The van der Waals surface area contributed by atoms with Gasteiger partial charge in [0.25, 0.3) is 0 Å². The normalized spacial score (nSPS) is 12.7. The first kappa shape index (κ1) is 17.7. The quantitative estimate of drug-likeness (QED) is 0.725. The number of hydrogen-bond donors (Lipinski definition) is 1. The van der Waals surface area contributed by atoms with Gasteiger partial charge in [0.2, 0.25) is 5.91 Å². The molecule has 0 fully saturated rings. The molecule has 2 aromatic carbocycles. The zero-order chi connectivity index (χ0) is 18.8. The highest BCUT2D eigenvalue weighted by atomic mass is 32.2. The molecule has 0 aliphatic carbocycles. The number of nitrogens with zero attached hydrogens (tertiary/aromatic N) is 2. The number of fused-ring (bicyclic) bond motifs is 1. The van der Waals surface area contributed by atoms with E-state index >= 15 is 0 Å². The third-order valence-corrected chi connectivity index (χ3v) is 5.53. The Morgan fingerprint density at radius 3 is 2.89 bits per heavy atom. The summed E-state index contributed by atoms with van der Waals surface area (Å²) in [5.41, 5.74) is 5.22. The molecule has 1 amide bonds. The molecule has 2 heterocycles. The standard InChI is InChI=1S/C21H21N3O2S/c1-14-5-3-7-16(9-14)24-21(18-12-27-13-19(18)23-24)22-20(25)11-15-6-4-8-17(10-15)26-2/h3-10H,11-13H2,1-2H3,(H,22,25). The van der Waals surface area contributed by atoms with Gasteiger partial charge in [0.05, 0.1) is 24.9 Å². The smallest absolute Gasteiger partial charge is 0.229 e. The second kappa shape index (κ2) is 7.48. The number of anilines is 1. The van der Waals surface area contributed by atoms with E-state index < -0.39 is 0 Å². The molecule has 1 aliphatic rings. The van der Waals surface area contributed by atoms with E-state index in [1.807, 2.05) is 52.8 Å². The molecule has 1 aromatic heterocycles. The number of carbonyl (C=O) groups excluding carboxylic acids is 1. The number of methoxy groups -OCH3 is 1. The summed E-state index contributed by atoms with van der Waals surface area (Å²) in [6.45, 7) is 2.05. The van der Waals surface area contributed by atoms with Crippen LogP contribution in [-0.2, 0) is 22.7 Å². The molecule has 4 rings (SSSR count). The maximum absolute atomic E-state index is 12.7. The third kappa shape index (κ3) is 3.71. The zero-order valence-corrected chi connectivity index (χ0v) is 16.2. The summed E-state index contributed by atoms with van der Waals surface area (Å²) in [6, 6.07) is 15.7. The average molecular weight is 379 g/mol. The van der Waals surface area contributed by atoms with Crippen molar-refractivity contribution in [3.8, 4) is 11.4 Å². The SMILES string of the molecule is COc1cccc(CC(=O)Nc2c3c(nn2-c2cccc(C)c2)CSC3)c1. The summed E-state index contributed by atoms with van der Waals surface area (Å²) in [6.07, 6.45) is 0.290. The number of carbonyl (C=O) groups is 1. The van der Waals surface area contributed by atoms with Crippen molar-refractivity contribution in [2.24, 2.45) is 0 Å². The fraction of sp³-hybridized carbons (Fsp3) is 0.238. The van der Waals surface area contributed by atoms with Gasteiger partial charge in [-0.05, 0) is 42.3 Å². The molecule has 0 unspecified atom stereocenters. The van der Waals surface area contributed by atoms with Crippen molar-refractivity contribution in [2.75, 3.05) is 12.4 Å². The first-order chi connectivity index (χ1) is 13.1. The van der Waals surface area contributed by atoms with E-state index in [2.05, 4.69) is 24.4 Å². The molecule has 138 valence electrons. The lowest BCUT2D eigenvalue weighted by molar-refractivity contribution is -0.115. The van der Waals surface area contributed by atoms with Crippen molar-refractivity contribution >= 4 is 23.5 Å². The maximum atomic E-state index is 12.7. The van der Waals surface area contributed by atoms with Crippen molar-refractivity contribution in [2.45, 2.75) is 24.9 Å². The predicted molar refractivity (Wildman–Crippen MR) is 109 cm³/mol. The Kier molecular flexibility index (Phi) is 4.90. The van der Waals surface area contributed by atoms with Crippen LogP contribution in [0.25, 0.3) is 5.69 Å². The van der Waals surface area contributed by atoms with Crippen molar-refractivity contribution in [1.29, 1.82) is 0 Å². The van der Waals surface area contributed by atoms with Crippen LogP contribution in [0.3, 0.4) is 0 Å². The molecule has 0 saturated carbocycles. The van der Waals surface area contributed by atoms with E-state index in [4.69, 9.17) is 9.84 Å². The fourth-order valence-electron chi connectivity index (χ4n) is 3.23. The molecule has 0 bridgehead atoms. The van der Waals surface area contributed by atoms with Gasteiger partial charge in [-0.3, -0.25) is 4.79 Å². The van der Waals surface area contributed by atoms with E-state index in [1.165, 1.54) is 0 Å². The van der Waals surface area contributed by atoms with Crippen LogP contribution in [-0.4, -0.2) is 22.8 Å². The fourth-order valence-corrected chi connectivity index (χ4v) is 4.27. The Morgan fingerprint density at radius 1 is 1.22 bits per heavy atom.